The summed E-state index contributed by atoms with van der Waals surface area (Å²) in [7, 11) is 4.19. The number of nitrogens with zero attached hydrogens (tertiary/aromatic N) is 1. The van der Waals surface area contributed by atoms with E-state index >= 15 is 0 Å². The van der Waals surface area contributed by atoms with Crippen LogP contribution in [0.2, 0.25) is 0 Å². The summed E-state index contributed by atoms with van der Waals surface area (Å²) in [5, 5.41) is 9.24. The van der Waals surface area contributed by atoms with Crippen LogP contribution in [-0.2, 0) is 17.6 Å². The first kappa shape index (κ1) is 18.0. The van der Waals surface area contributed by atoms with Crippen molar-refractivity contribution in [2.45, 2.75) is 31.6 Å². The van der Waals surface area contributed by atoms with Crippen molar-refractivity contribution in [3.05, 3.63) is 76.4 Å². The molecule has 2 unspecified atom stereocenters. The molecule has 0 aromatic heterocycles. The summed E-state index contributed by atoms with van der Waals surface area (Å²) >= 11 is 0. The van der Waals surface area contributed by atoms with Crippen LogP contribution in [0.4, 0.5) is 0 Å². The zero-order valence-electron chi connectivity index (χ0n) is 16.1. The average molecular weight is 361 g/mol. The molecule has 0 saturated heterocycles. The van der Waals surface area contributed by atoms with Gasteiger partial charge in [-0.05, 0) is 78.6 Å². The molecular weight excluding hydrogens is 334 g/mol. The predicted molar refractivity (Wildman–Crippen MR) is 109 cm³/mol. The molecule has 2 aliphatic carbocycles. The van der Waals surface area contributed by atoms with Gasteiger partial charge in [0.05, 0.1) is 6.42 Å². The number of aliphatic carboxylic acids is 1. The fourth-order valence-electron chi connectivity index (χ4n) is 4.37. The van der Waals surface area contributed by atoms with Crippen LogP contribution >= 0.6 is 0 Å². The molecule has 27 heavy (non-hydrogen) atoms. The molecule has 0 heterocycles. The van der Waals surface area contributed by atoms with Gasteiger partial charge in [0.2, 0.25) is 0 Å². The van der Waals surface area contributed by atoms with Crippen molar-refractivity contribution < 1.29 is 9.90 Å². The summed E-state index contributed by atoms with van der Waals surface area (Å²) in [6.07, 6.45) is 5.79. The minimum absolute atomic E-state index is 0.0774. The Hall–Kier alpha value is -2.39. The van der Waals surface area contributed by atoms with Gasteiger partial charge in [-0.15, -0.1) is 0 Å². The van der Waals surface area contributed by atoms with Crippen LogP contribution in [0.15, 0.2) is 48.5 Å². The monoisotopic (exact) mass is 361 g/mol. The van der Waals surface area contributed by atoms with E-state index in [9.17, 15) is 9.90 Å². The fourth-order valence-corrected chi connectivity index (χ4v) is 4.37. The average Bonchev–Trinajstić information content (AvgIpc) is 3.36. The number of fused-ring (bicyclic) bond motifs is 4. The lowest BCUT2D eigenvalue weighted by molar-refractivity contribution is -0.136. The second kappa shape index (κ2) is 7.32. The van der Waals surface area contributed by atoms with Gasteiger partial charge < -0.3 is 10.0 Å². The zero-order chi connectivity index (χ0) is 19.0. The Balaban J connectivity index is 1.84. The molecule has 0 radical (unpaired) electrons. The second-order valence-corrected chi connectivity index (χ2v) is 8.17. The molecule has 2 atom stereocenters. The Morgan fingerprint density at radius 3 is 2.78 bits per heavy atom. The minimum Gasteiger partial charge on any atom is -0.481 e. The van der Waals surface area contributed by atoms with Gasteiger partial charge in [0, 0.05) is 6.54 Å². The first-order valence-corrected chi connectivity index (χ1v) is 9.81. The van der Waals surface area contributed by atoms with Crippen molar-refractivity contribution >= 4 is 11.5 Å². The van der Waals surface area contributed by atoms with Crippen LogP contribution in [0.5, 0.6) is 0 Å². The van der Waals surface area contributed by atoms with E-state index in [0.717, 1.165) is 30.9 Å². The van der Waals surface area contributed by atoms with E-state index in [1.54, 1.807) is 0 Å². The highest BCUT2D eigenvalue weighted by Crippen LogP contribution is 2.54. The largest absolute Gasteiger partial charge is 0.481 e. The van der Waals surface area contributed by atoms with Gasteiger partial charge in [0.1, 0.15) is 0 Å². The van der Waals surface area contributed by atoms with Gasteiger partial charge in [-0.1, -0.05) is 48.5 Å². The van der Waals surface area contributed by atoms with Crippen molar-refractivity contribution in [2.24, 2.45) is 5.92 Å². The molecular formula is C24H27NO2. The maximum absolute atomic E-state index is 11.2. The molecule has 0 spiro atoms. The SMILES string of the molecule is CN(C)CC/C=C1/c2ccccc2CC2CC2c2ccc(CC(=O)O)cc21. The van der Waals surface area contributed by atoms with Crippen molar-refractivity contribution in [3.8, 4) is 0 Å². The molecule has 2 aliphatic rings. The number of hydrogen-bond donors (Lipinski definition) is 1. The fraction of sp³-hybridized carbons (Fsp3) is 0.375. The van der Waals surface area contributed by atoms with Crippen molar-refractivity contribution in [1.29, 1.82) is 0 Å². The quantitative estimate of drug-likeness (QED) is 0.860. The smallest absolute Gasteiger partial charge is 0.307 e. The van der Waals surface area contributed by atoms with Crippen LogP contribution < -0.4 is 0 Å². The summed E-state index contributed by atoms with van der Waals surface area (Å²) in [6.45, 7) is 1.00. The van der Waals surface area contributed by atoms with Gasteiger partial charge in [-0.3, -0.25) is 4.79 Å². The normalized spacial score (nSPS) is 21.8. The predicted octanol–water partition coefficient (Wildman–Crippen LogP) is 4.36. The van der Waals surface area contributed by atoms with Crippen LogP contribution in [0.3, 0.4) is 0 Å². The van der Waals surface area contributed by atoms with E-state index in [2.05, 4.69) is 61.5 Å². The Bertz CT molecular complexity index is 897. The lowest BCUT2D eigenvalue weighted by Crippen LogP contribution is -2.12. The summed E-state index contributed by atoms with van der Waals surface area (Å²) in [5.74, 6) is 0.562. The molecule has 4 rings (SSSR count). The Kier molecular flexibility index (Phi) is 4.88. The molecule has 0 bridgehead atoms. The Morgan fingerprint density at radius 2 is 2.00 bits per heavy atom. The first-order chi connectivity index (χ1) is 13.0. The third-order valence-corrected chi connectivity index (χ3v) is 5.80. The van der Waals surface area contributed by atoms with Gasteiger partial charge in [-0.25, -0.2) is 0 Å². The number of benzene rings is 2. The number of carboxylic acids is 1. The van der Waals surface area contributed by atoms with E-state index in [0.29, 0.717) is 5.92 Å². The first-order valence-electron chi connectivity index (χ1n) is 9.81. The van der Waals surface area contributed by atoms with Crippen LogP contribution in [-0.4, -0.2) is 36.6 Å². The highest BCUT2D eigenvalue weighted by molar-refractivity contribution is 5.85. The highest BCUT2D eigenvalue weighted by atomic mass is 16.4. The molecule has 2 aromatic rings. The Labute approximate surface area is 161 Å². The lowest BCUT2D eigenvalue weighted by atomic mass is 9.83. The maximum atomic E-state index is 11.2. The molecule has 0 aliphatic heterocycles. The summed E-state index contributed by atoms with van der Waals surface area (Å²) in [6, 6.07) is 15.1. The molecule has 1 saturated carbocycles. The maximum Gasteiger partial charge on any atom is 0.307 e. The van der Waals surface area contributed by atoms with Crippen LogP contribution in [0.25, 0.3) is 5.57 Å². The van der Waals surface area contributed by atoms with Crippen molar-refractivity contribution in [3.63, 3.8) is 0 Å². The lowest BCUT2D eigenvalue weighted by Gasteiger charge is -2.21. The minimum atomic E-state index is -0.774. The third-order valence-electron chi connectivity index (χ3n) is 5.80. The van der Waals surface area contributed by atoms with Gasteiger partial charge in [0.25, 0.3) is 0 Å². The molecule has 2 aromatic carbocycles. The number of carbonyl (C=O) groups is 1. The van der Waals surface area contributed by atoms with E-state index in [4.69, 9.17) is 0 Å². The highest BCUT2D eigenvalue weighted by Gasteiger charge is 2.41. The van der Waals surface area contributed by atoms with Crippen molar-refractivity contribution in [1.82, 2.24) is 4.90 Å². The topological polar surface area (TPSA) is 40.5 Å². The van der Waals surface area contributed by atoms with E-state index in [-0.39, 0.29) is 6.42 Å². The summed E-state index contributed by atoms with van der Waals surface area (Å²) < 4.78 is 0. The zero-order valence-corrected chi connectivity index (χ0v) is 16.1. The van der Waals surface area contributed by atoms with E-state index in [1.165, 1.54) is 34.2 Å². The van der Waals surface area contributed by atoms with Gasteiger partial charge in [-0.2, -0.15) is 0 Å². The summed E-state index contributed by atoms with van der Waals surface area (Å²) in [4.78, 5) is 13.4. The Morgan fingerprint density at radius 1 is 1.19 bits per heavy atom. The van der Waals surface area contributed by atoms with Crippen molar-refractivity contribution in [2.75, 3.05) is 20.6 Å². The van der Waals surface area contributed by atoms with Crippen LogP contribution in [0.1, 0.15) is 46.6 Å². The molecule has 0 amide bonds. The third kappa shape index (κ3) is 3.84. The van der Waals surface area contributed by atoms with Gasteiger partial charge >= 0.3 is 5.97 Å². The molecule has 3 nitrogen and oxygen atoms in total. The standard InChI is InChI=1S/C24H27NO2/c1-25(2)11-5-8-20-19-7-4-3-6-17(19)14-18-15-22(18)21-10-9-16(12-23(20)21)13-24(26)27/h3-4,6-10,12,18,22H,5,11,13-15H2,1-2H3,(H,26,27)/b20-8-. The molecule has 3 heteroatoms. The number of carboxylic acid groups (broad SMARTS) is 1. The molecule has 1 fully saturated rings. The van der Waals surface area contributed by atoms with Gasteiger partial charge in [0.15, 0.2) is 0 Å². The second-order valence-electron chi connectivity index (χ2n) is 8.17. The number of rotatable bonds is 5. The van der Waals surface area contributed by atoms with E-state index < -0.39 is 5.97 Å². The summed E-state index contributed by atoms with van der Waals surface area (Å²) in [5.41, 5.74) is 7.55. The van der Waals surface area contributed by atoms with E-state index in [1.807, 2.05) is 6.07 Å². The molecule has 1 N–H and O–H groups in total. The van der Waals surface area contributed by atoms with Crippen LogP contribution in [0, 0.1) is 5.92 Å². The number of hydrogen-bond acceptors (Lipinski definition) is 2. The molecule has 140 valence electrons.